The van der Waals surface area contributed by atoms with Crippen LogP contribution in [0.1, 0.15) is 31.2 Å². The second-order valence-corrected chi connectivity index (χ2v) is 5.72. The van der Waals surface area contributed by atoms with E-state index in [9.17, 15) is 0 Å². The van der Waals surface area contributed by atoms with Crippen molar-refractivity contribution in [3.05, 3.63) is 23.8 Å². The molecule has 3 rings (SSSR count). The Bertz CT molecular complexity index is 427. The lowest BCUT2D eigenvalue weighted by atomic mass is 10.0. The van der Waals surface area contributed by atoms with Gasteiger partial charge in [0.2, 0.25) is 0 Å². The lowest BCUT2D eigenvalue weighted by molar-refractivity contribution is 0.223. The highest BCUT2D eigenvalue weighted by atomic mass is 16.5. The standard InChI is InChI=1S/C16H23NO2/c1-18-15-8-4-7-13-9-14(11-19-16(13)15)17-10-12-5-2-3-6-12/h4,7-8,12,14,17H,2-3,5-6,9-11H2,1H3/t14-/m1/s1. The van der Waals surface area contributed by atoms with Crippen molar-refractivity contribution in [3.8, 4) is 11.5 Å². The molecule has 0 unspecified atom stereocenters. The molecular weight excluding hydrogens is 238 g/mol. The zero-order valence-corrected chi connectivity index (χ0v) is 11.7. The van der Waals surface area contributed by atoms with E-state index >= 15 is 0 Å². The van der Waals surface area contributed by atoms with Gasteiger partial charge in [-0.2, -0.15) is 0 Å². The Morgan fingerprint density at radius 2 is 2.16 bits per heavy atom. The molecule has 0 saturated heterocycles. The average Bonchev–Trinajstić information content (AvgIpc) is 2.97. The fourth-order valence-corrected chi connectivity index (χ4v) is 3.23. The Hall–Kier alpha value is -1.22. The molecule has 3 nitrogen and oxygen atoms in total. The van der Waals surface area contributed by atoms with Crippen molar-refractivity contribution in [2.24, 2.45) is 5.92 Å². The average molecular weight is 261 g/mol. The molecule has 0 amide bonds. The topological polar surface area (TPSA) is 30.5 Å². The van der Waals surface area contributed by atoms with Crippen molar-refractivity contribution >= 4 is 0 Å². The van der Waals surface area contributed by atoms with Crippen LogP contribution in [0.25, 0.3) is 0 Å². The molecule has 1 atom stereocenters. The normalized spacial score (nSPS) is 22.9. The van der Waals surface area contributed by atoms with Gasteiger partial charge in [-0.05, 0) is 43.4 Å². The zero-order valence-electron chi connectivity index (χ0n) is 11.7. The summed E-state index contributed by atoms with van der Waals surface area (Å²) in [5, 5.41) is 3.68. The number of benzene rings is 1. The molecule has 2 aliphatic rings. The first kappa shape index (κ1) is 12.8. The SMILES string of the molecule is COc1cccc2c1OC[C@H](NCC1CCCC1)C2. The summed E-state index contributed by atoms with van der Waals surface area (Å²) in [7, 11) is 1.70. The summed E-state index contributed by atoms with van der Waals surface area (Å²) in [5.74, 6) is 2.67. The van der Waals surface area contributed by atoms with Crippen LogP contribution < -0.4 is 14.8 Å². The minimum Gasteiger partial charge on any atom is -0.493 e. The van der Waals surface area contributed by atoms with E-state index < -0.39 is 0 Å². The van der Waals surface area contributed by atoms with Crippen LogP contribution in [-0.2, 0) is 6.42 Å². The van der Waals surface area contributed by atoms with Crippen LogP contribution >= 0.6 is 0 Å². The Kier molecular flexibility index (Phi) is 3.92. The monoisotopic (exact) mass is 261 g/mol. The molecule has 0 bridgehead atoms. The molecule has 3 heteroatoms. The molecule has 1 N–H and O–H groups in total. The lowest BCUT2D eigenvalue weighted by Gasteiger charge is -2.28. The summed E-state index contributed by atoms with van der Waals surface area (Å²) in [4.78, 5) is 0. The van der Waals surface area contributed by atoms with Crippen molar-refractivity contribution in [2.45, 2.75) is 38.1 Å². The molecule has 1 saturated carbocycles. The maximum Gasteiger partial charge on any atom is 0.164 e. The molecule has 1 fully saturated rings. The van der Waals surface area contributed by atoms with Gasteiger partial charge in [-0.15, -0.1) is 0 Å². The highest BCUT2D eigenvalue weighted by Crippen LogP contribution is 2.34. The maximum absolute atomic E-state index is 5.89. The van der Waals surface area contributed by atoms with Gasteiger partial charge in [0.15, 0.2) is 11.5 Å². The number of methoxy groups -OCH3 is 1. The smallest absolute Gasteiger partial charge is 0.164 e. The molecule has 0 aromatic heterocycles. The van der Waals surface area contributed by atoms with E-state index in [1.54, 1.807) is 7.11 Å². The van der Waals surface area contributed by atoms with Gasteiger partial charge < -0.3 is 14.8 Å². The predicted octanol–water partition coefficient (Wildman–Crippen LogP) is 2.78. The first-order valence-corrected chi connectivity index (χ1v) is 7.39. The molecule has 0 spiro atoms. The zero-order chi connectivity index (χ0) is 13.1. The third-order valence-corrected chi connectivity index (χ3v) is 4.35. The molecule has 1 aliphatic heterocycles. The van der Waals surface area contributed by atoms with Gasteiger partial charge in [-0.25, -0.2) is 0 Å². The van der Waals surface area contributed by atoms with Gasteiger partial charge in [-0.1, -0.05) is 25.0 Å². The number of fused-ring (bicyclic) bond motifs is 1. The Balaban J connectivity index is 1.59. The summed E-state index contributed by atoms with van der Waals surface area (Å²) in [6.45, 7) is 1.90. The third kappa shape index (κ3) is 2.86. The molecule has 19 heavy (non-hydrogen) atoms. The van der Waals surface area contributed by atoms with Crippen LogP contribution in [0, 0.1) is 5.92 Å². The van der Waals surface area contributed by atoms with Crippen LogP contribution in [0.4, 0.5) is 0 Å². The summed E-state index contributed by atoms with van der Waals surface area (Å²) in [6.07, 6.45) is 6.65. The first-order valence-electron chi connectivity index (χ1n) is 7.39. The van der Waals surface area contributed by atoms with E-state index in [-0.39, 0.29) is 0 Å². The molecule has 104 valence electrons. The van der Waals surface area contributed by atoms with Gasteiger partial charge in [0.1, 0.15) is 6.61 Å². The van der Waals surface area contributed by atoms with Crippen molar-refractivity contribution in [1.82, 2.24) is 5.32 Å². The van der Waals surface area contributed by atoms with E-state index in [1.165, 1.54) is 31.2 Å². The highest BCUT2D eigenvalue weighted by Gasteiger charge is 2.23. The molecule has 1 aromatic carbocycles. The molecule has 1 aliphatic carbocycles. The van der Waals surface area contributed by atoms with Gasteiger partial charge in [0.25, 0.3) is 0 Å². The van der Waals surface area contributed by atoms with E-state index in [0.717, 1.165) is 37.0 Å². The number of para-hydroxylation sites is 1. The quantitative estimate of drug-likeness (QED) is 0.904. The van der Waals surface area contributed by atoms with Crippen LogP contribution in [0.15, 0.2) is 18.2 Å². The second kappa shape index (κ2) is 5.83. The fourth-order valence-electron chi connectivity index (χ4n) is 3.23. The van der Waals surface area contributed by atoms with Crippen molar-refractivity contribution in [1.29, 1.82) is 0 Å². The Morgan fingerprint density at radius 3 is 2.95 bits per heavy atom. The van der Waals surface area contributed by atoms with Crippen molar-refractivity contribution in [2.75, 3.05) is 20.3 Å². The number of nitrogens with one attached hydrogen (secondary N) is 1. The first-order chi connectivity index (χ1) is 9.36. The lowest BCUT2D eigenvalue weighted by Crippen LogP contribution is -2.41. The Morgan fingerprint density at radius 1 is 1.32 bits per heavy atom. The number of ether oxygens (including phenoxy) is 2. The number of rotatable bonds is 4. The highest BCUT2D eigenvalue weighted by molar-refractivity contribution is 5.48. The number of hydrogen-bond acceptors (Lipinski definition) is 3. The maximum atomic E-state index is 5.89. The third-order valence-electron chi connectivity index (χ3n) is 4.35. The Labute approximate surface area is 115 Å². The van der Waals surface area contributed by atoms with Crippen LogP contribution in [0.3, 0.4) is 0 Å². The van der Waals surface area contributed by atoms with Gasteiger partial charge in [-0.3, -0.25) is 0 Å². The van der Waals surface area contributed by atoms with Gasteiger partial charge in [0, 0.05) is 6.04 Å². The minimum absolute atomic E-state index is 0.445. The van der Waals surface area contributed by atoms with Gasteiger partial charge in [0.05, 0.1) is 7.11 Å². The van der Waals surface area contributed by atoms with Crippen molar-refractivity contribution in [3.63, 3.8) is 0 Å². The summed E-state index contributed by atoms with van der Waals surface area (Å²) < 4.78 is 11.2. The fraction of sp³-hybridized carbons (Fsp3) is 0.625. The van der Waals surface area contributed by atoms with Gasteiger partial charge >= 0.3 is 0 Å². The van der Waals surface area contributed by atoms with E-state index in [4.69, 9.17) is 9.47 Å². The summed E-state index contributed by atoms with van der Waals surface area (Å²) in [5.41, 5.74) is 1.26. The molecule has 1 heterocycles. The van der Waals surface area contributed by atoms with E-state index in [1.807, 2.05) is 12.1 Å². The van der Waals surface area contributed by atoms with Crippen LogP contribution in [0.5, 0.6) is 11.5 Å². The predicted molar refractivity (Wildman–Crippen MR) is 75.9 cm³/mol. The van der Waals surface area contributed by atoms with Crippen LogP contribution in [-0.4, -0.2) is 26.3 Å². The minimum atomic E-state index is 0.445. The molecule has 0 radical (unpaired) electrons. The summed E-state index contributed by atoms with van der Waals surface area (Å²) >= 11 is 0. The summed E-state index contributed by atoms with van der Waals surface area (Å²) in [6, 6.07) is 6.59. The largest absolute Gasteiger partial charge is 0.493 e. The second-order valence-electron chi connectivity index (χ2n) is 5.72. The van der Waals surface area contributed by atoms with E-state index in [2.05, 4.69) is 11.4 Å². The number of hydrogen-bond donors (Lipinski definition) is 1. The van der Waals surface area contributed by atoms with Crippen LogP contribution in [0.2, 0.25) is 0 Å². The molecule has 1 aromatic rings. The van der Waals surface area contributed by atoms with E-state index in [0.29, 0.717) is 6.04 Å². The molecular formula is C16H23NO2. The van der Waals surface area contributed by atoms with Crippen molar-refractivity contribution < 1.29 is 9.47 Å².